The highest BCUT2D eigenvalue weighted by Gasteiger charge is 2.18. The Morgan fingerprint density at radius 2 is 1.32 bits per heavy atom. The van der Waals surface area contributed by atoms with Crippen molar-refractivity contribution in [2.24, 2.45) is 0 Å². The van der Waals surface area contributed by atoms with E-state index in [1.165, 1.54) is 11.1 Å². The zero-order chi connectivity index (χ0) is 19.8. The monoisotopic (exact) mass is 374 g/mol. The van der Waals surface area contributed by atoms with E-state index in [1.54, 1.807) is 0 Å². The van der Waals surface area contributed by atoms with Crippen molar-refractivity contribution < 1.29 is 9.47 Å². The summed E-state index contributed by atoms with van der Waals surface area (Å²) < 4.78 is 12.4. The Kier molecular flexibility index (Phi) is 6.89. The van der Waals surface area contributed by atoms with Gasteiger partial charge in [-0.15, -0.1) is 0 Å². The maximum Gasteiger partial charge on any atom is 0.204 e. The molecule has 146 valence electrons. The van der Waals surface area contributed by atoms with E-state index in [-0.39, 0.29) is 11.7 Å². The van der Waals surface area contributed by atoms with Crippen LogP contribution in [0.15, 0.2) is 84.9 Å². The molecule has 0 aromatic heterocycles. The highest BCUT2D eigenvalue weighted by atomic mass is 16.7. The minimum Gasteiger partial charge on any atom is -0.465 e. The first-order chi connectivity index (χ1) is 13.6. The Morgan fingerprint density at radius 1 is 0.750 bits per heavy atom. The van der Waals surface area contributed by atoms with E-state index < -0.39 is 0 Å². The van der Waals surface area contributed by atoms with Gasteiger partial charge >= 0.3 is 0 Å². The predicted molar refractivity (Wildman–Crippen MR) is 116 cm³/mol. The molecule has 0 fully saturated rings. The second-order valence-corrected chi connectivity index (χ2v) is 7.80. The van der Waals surface area contributed by atoms with Crippen LogP contribution in [-0.4, -0.2) is 6.29 Å². The Morgan fingerprint density at radius 3 is 1.89 bits per heavy atom. The molecule has 0 amide bonds. The first-order valence-electron chi connectivity index (χ1n) is 10.0. The molecule has 1 atom stereocenters. The predicted octanol–water partition coefficient (Wildman–Crippen LogP) is 6.54. The molecule has 0 saturated carbocycles. The van der Waals surface area contributed by atoms with Crippen LogP contribution in [0.4, 0.5) is 0 Å². The third-order valence-electron chi connectivity index (χ3n) is 5.31. The fraction of sp³-hybridized carbons (Fsp3) is 0.308. The van der Waals surface area contributed by atoms with Gasteiger partial charge in [-0.3, -0.25) is 0 Å². The highest BCUT2D eigenvalue weighted by molar-refractivity contribution is 5.31. The molecule has 0 aliphatic carbocycles. The van der Waals surface area contributed by atoms with E-state index in [0.717, 1.165) is 17.7 Å². The van der Waals surface area contributed by atoms with E-state index in [9.17, 15) is 0 Å². The number of benzene rings is 3. The van der Waals surface area contributed by atoms with Gasteiger partial charge < -0.3 is 9.47 Å². The fourth-order valence-electron chi connectivity index (χ4n) is 3.05. The average Bonchev–Trinajstić information content (AvgIpc) is 2.74. The summed E-state index contributed by atoms with van der Waals surface area (Å²) in [6, 6.07) is 29.0. The molecule has 0 N–H and O–H groups in total. The number of hydrogen-bond donors (Lipinski definition) is 0. The zero-order valence-electron chi connectivity index (χ0n) is 17.1. The van der Waals surface area contributed by atoms with Gasteiger partial charge in [0.1, 0.15) is 5.75 Å². The van der Waals surface area contributed by atoms with Crippen LogP contribution in [0.5, 0.6) is 5.75 Å². The molecule has 2 nitrogen and oxygen atoms in total. The quantitative estimate of drug-likeness (QED) is 0.396. The average molecular weight is 375 g/mol. The standard InChI is InChI=1S/C26H30O2/c1-4-26(2,3)23-15-17-24(18-16-23)28-25(19-21-11-7-5-8-12-21)27-20-22-13-9-6-10-14-22/h5-18,25H,4,19-20H2,1-3H3. The van der Waals surface area contributed by atoms with E-state index in [4.69, 9.17) is 9.47 Å². The van der Waals surface area contributed by atoms with Gasteiger partial charge in [0.05, 0.1) is 6.61 Å². The molecule has 2 heteroatoms. The summed E-state index contributed by atoms with van der Waals surface area (Å²) in [5.41, 5.74) is 3.84. The van der Waals surface area contributed by atoms with E-state index >= 15 is 0 Å². The minimum absolute atomic E-state index is 0.172. The SMILES string of the molecule is CCC(C)(C)c1ccc(OC(Cc2ccccc2)OCc2ccccc2)cc1. The molecular weight excluding hydrogens is 344 g/mol. The van der Waals surface area contributed by atoms with Gasteiger partial charge in [-0.2, -0.15) is 0 Å². The summed E-state index contributed by atoms with van der Waals surface area (Å²) in [4.78, 5) is 0. The van der Waals surface area contributed by atoms with E-state index in [2.05, 4.69) is 69.3 Å². The summed E-state index contributed by atoms with van der Waals surface area (Å²) in [6.07, 6.45) is 1.47. The number of hydrogen-bond acceptors (Lipinski definition) is 2. The maximum atomic E-state index is 6.22. The Labute approximate surface area is 169 Å². The Hall–Kier alpha value is -2.58. The summed E-state index contributed by atoms with van der Waals surface area (Å²) >= 11 is 0. The largest absolute Gasteiger partial charge is 0.465 e. The third kappa shape index (κ3) is 5.71. The van der Waals surface area contributed by atoms with Gasteiger partial charge in [0, 0.05) is 6.42 Å². The molecule has 3 aromatic carbocycles. The summed E-state index contributed by atoms with van der Waals surface area (Å²) in [5, 5.41) is 0. The molecule has 0 aliphatic rings. The van der Waals surface area contributed by atoms with Crippen molar-refractivity contribution in [1.82, 2.24) is 0 Å². The minimum atomic E-state index is -0.340. The van der Waals surface area contributed by atoms with Crippen LogP contribution < -0.4 is 4.74 Å². The second kappa shape index (κ2) is 9.57. The van der Waals surface area contributed by atoms with Crippen molar-refractivity contribution in [3.63, 3.8) is 0 Å². The van der Waals surface area contributed by atoms with Gasteiger partial charge in [-0.1, -0.05) is 93.6 Å². The van der Waals surface area contributed by atoms with Crippen molar-refractivity contribution >= 4 is 0 Å². The lowest BCUT2D eigenvalue weighted by molar-refractivity contribution is -0.0880. The Bertz CT molecular complexity index is 823. The highest BCUT2D eigenvalue weighted by Crippen LogP contribution is 2.28. The van der Waals surface area contributed by atoms with Crippen LogP contribution >= 0.6 is 0 Å². The zero-order valence-corrected chi connectivity index (χ0v) is 17.1. The van der Waals surface area contributed by atoms with Crippen LogP contribution in [0.2, 0.25) is 0 Å². The summed E-state index contributed by atoms with van der Waals surface area (Å²) in [6.45, 7) is 7.28. The van der Waals surface area contributed by atoms with Gasteiger partial charge in [-0.05, 0) is 40.7 Å². The Balaban J connectivity index is 1.70. The normalized spacial score (nSPS) is 12.5. The summed E-state index contributed by atoms with van der Waals surface area (Å²) in [7, 11) is 0. The van der Waals surface area contributed by atoms with E-state index in [0.29, 0.717) is 13.0 Å². The topological polar surface area (TPSA) is 18.5 Å². The lowest BCUT2D eigenvalue weighted by Gasteiger charge is -2.24. The van der Waals surface area contributed by atoms with Gasteiger partial charge in [0.25, 0.3) is 0 Å². The molecule has 0 radical (unpaired) electrons. The van der Waals surface area contributed by atoms with Crippen molar-refractivity contribution in [1.29, 1.82) is 0 Å². The van der Waals surface area contributed by atoms with Crippen LogP contribution in [0.1, 0.15) is 43.9 Å². The maximum absolute atomic E-state index is 6.22. The molecule has 0 bridgehead atoms. The molecule has 28 heavy (non-hydrogen) atoms. The lowest BCUT2D eigenvalue weighted by atomic mass is 9.82. The van der Waals surface area contributed by atoms with E-state index in [1.807, 2.05) is 36.4 Å². The van der Waals surface area contributed by atoms with Crippen molar-refractivity contribution in [2.45, 2.75) is 51.9 Å². The molecule has 3 rings (SSSR count). The number of rotatable bonds is 9. The van der Waals surface area contributed by atoms with Crippen LogP contribution in [-0.2, 0) is 23.2 Å². The molecular formula is C26H30O2. The van der Waals surface area contributed by atoms with Crippen molar-refractivity contribution in [2.75, 3.05) is 0 Å². The first kappa shape index (κ1) is 20.2. The van der Waals surface area contributed by atoms with Gasteiger partial charge in [-0.25, -0.2) is 0 Å². The van der Waals surface area contributed by atoms with Crippen molar-refractivity contribution in [3.8, 4) is 5.75 Å². The molecule has 0 saturated heterocycles. The molecule has 3 aromatic rings. The molecule has 0 heterocycles. The fourth-order valence-corrected chi connectivity index (χ4v) is 3.05. The van der Waals surface area contributed by atoms with Gasteiger partial charge in [0.2, 0.25) is 6.29 Å². The smallest absolute Gasteiger partial charge is 0.204 e. The summed E-state index contributed by atoms with van der Waals surface area (Å²) in [5.74, 6) is 0.838. The van der Waals surface area contributed by atoms with Gasteiger partial charge in [0.15, 0.2) is 0 Å². The van der Waals surface area contributed by atoms with Crippen LogP contribution in [0.25, 0.3) is 0 Å². The number of ether oxygens (including phenoxy) is 2. The molecule has 0 aliphatic heterocycles. The molecule has 0 spiro atoms. The van der Waals surface area contributed by atoms with Crippen LogP contribution in [0, 0.1) is 0 Å². The van der Waals surface area contributed by atoms with Crippen LogP contribution in [0.3, 0.4) is 0 Å². The molecule has 1 unspecified atom stereocenters. The third-order valence-corrected chi connectivity index (χ3v) is 5.31. The lowest BCUT2D eigenvalue weighted by Crippen LogP contribution is -2.23. The second-order valence-electron chi connectivity index (χ2n) is 7.80. The van der Waals surface area contributed by atoms with Crippen molar-refractivity contribution in [3.05, 3.63) is 102 Å². The first-order valence-corrected chi connectivity index (χ1v) is 10.0.